The highest BCUT2D eigenvalue weighted by Gasteiger charge is 2.11. The first-order chi connectivity index (χ1) is 6.60. The first kappa shape index (κ1) is 10.1. The fourth-order valence-electron chi connectivity index (χ4n) is 1.31. The minimum atomic E-state index is -0.202. The maximum Gasteiger partial charge on any atom is 0.160 e. The van der Waals surface area contributed by atoms with E-state index >= 15 is 0 Å². The molecular formula is C11H9NO2. The molecule has 0 heterocycles. The molecule has 14 heavy (non-hydrogen) atoms. The van der Waals surface area contributed by atoms with Gasteiger partial charge in [0.1, 0.15) is 0 Å². The summed E-state index contributed by atoms with van der Waals surface area (Å²) in [4.78, 5) is 21.9. The van der Waals surface area contributed by atoms with Gasteiger partial charge in [-0.25, -0.2) is 0 Å². The van der Waals surface area contributed by atoms with Crippen LogP contribution in [0.4, 0.5) is 0 Å². The minimum absolute atomic E-state index is 0.186. The smallest absolute Gasteiger partial charge is 0.160 e. The molecule has 0 saturated heterocycles. The van der Waals surface area contributed by atoms with E-state index in [0.29, 0.717) is 11.8 Å². The van der Waals surface area contributed by atoms with Crippen molar-refractivity contribution in [1.29, 1.82) is 5.26 Å². The Morgan fingerprint density at radius 1 is 1.50 bits per heavy atom. The lowest BCUT2D eigenvalue weighted by atomic mass is 9.97. The van der Waals surface area contributed by atoms with Crippen LogP contribution in [0, 0.1) is 18.3 Å². The third-order valence-electron chi connectivity index (χ3n) is 1.94. The van der Waals surface area contributed by atoms with Gasteiger partial charge < -0.3 is 0 Å². The molecule has 0 unspecified atom stereocenters. The van der Waals surface area contributed by atoms with Crippen LogP contribution in [0.25, 0.3) is 0 Å². The summed E-state index contributed by atoms with van der Waals surface area (Å²) in [6.07, 6.45) is 0.550. The van der Waals surface area contributed by atoms with Crippen molar-refractivity contribution in [3.63, 3.8) is 0 Å². The van der Waals surface area contributed by atoms with Crippen LogP contribution < -0.4 is 0 Å². The number of carbonyl (C=O) groups excluding carboxylic acids is 2. The maximum absolute atomic E-state index is 11.2. The van der Waals surface area contributed by atoms with Gasteiger partial charge in [0, 0.05) is 11.1 Å². The summed E-state index contributed by atoms with van der Waals surface area (Å²) in [5, 5.41) is 8.76. The Morgan fingerprint density at radius 2 is 2.14 bits per heavy atom. The van der Waals surface area contributed by atoms with Gasteiger partial charge in [0.15, 0.2) is 12.1 Å². The SMILES string of the molecule is CC(=O)c1cc(C)cc(C#N)c1C=O. The molecule has 1 rings (SSSR count). The van der Waals surface area contributed by atoms with E-state index in [1.54, 1.807) is 19.1 Å². The van der Waals surface area contributed by atoms with Crippen LogP contribution in [-0.4, -0.2) is 12.1 Å². The van der Waals surface area contributed by atoms with Gasteiger partial charge in [-0.3, -0.25) is 9.59 Å². The summed E-state index contributed by atoms with van der Waals surface area (Å²) in [5.74, 6) is -0.202. The summed E-state index contributed by atoms with van der Waals surface area (Å²) < 4.78 is 0. The second-order valence-electron chi connectivity index (χ2n) is 3.06. The predicted molar refractivity (Wildman–Crippen MR) is 51.3 cm³/mol. The van der Waals surface area contributed by atoms with Gasteiger partial charge in [0.05, 0.1) is 11.6 Å². The fraction of sp³-hybridized carbons (Fsp3) is 0.182. The number of nitrogens with zero attached hydrogens (tertiary/aromatic N) is 1. The number of aryl methyl sites for hydroxylation is 1. The van der Waals surface area contributed by atoms with Gasteiger partial charge in [-0.1, -0.05) is 0 Å². The number of rotatable bonds is 2. The number of nitriles is 1. The van der Waals surface area contributed by atoms with Crippen molar-refractivity contribution in [2.45, 2.75) is 13.8 Å². The van der Waals surface area contributed by atoms with E-state index in [1.807, 2.05) is 6.07 Å². The Morgan fingerprint density at radius 3 is 2.57 bits per heavy atom. The second kappa shape index (κ2) is 3.84. The zero-order valence-electron chi connectivity index (χ0n) is 8.00. The Kier molecular flexibility index (Phi) is 2.78. The predicted octanol–water partition coefficient (Wildman–Crippen LogP) is 1.88. The highest BCUT2D eigenvalue weighted by Crippen LogP contribution is 2.15. The average molecular weight is 187 g/mol. The second-order valence-corrected chi connectivity index (χ2v) is 3.06. The number of Topliss-reactive ketones (excluding diaryl/α,β-unsaturated/α-hetero) is 1. The quantitative estimate of drug-likeness (QED) is 0.524. The van der Waals surface area contributed by atoms with E-state index < -0.39 is 0 Å². The Labute approximate surface area is 82.0 Å². The number of hydrogen-bond acceptors (Lipinski definition) is 3. The summed E-state index contributed by atoms with van der Waals surface area (Å²) in [6.45, 7) is 3.16. The highest BCUT2D eigenvalue weighted by molar-refractivity contribution is 6.02. The summed E-state index contributed by atoms with van der Waals surface area (Å²) >= 11 is 0. The Balaban J connectivity index is 3.57. The minimum Gasteiger partial charge on any atom is -0.298 e. The highest BCUT2D eigenvalue weighted by atomic mass is 16.1. The molecule has 3 nitrogen and oxygen atoms in total. The molecule has 0 aliphatic carbocycles. The molecular weight excluding hydrogens is 178 g/mol. The summed E-state index contributed by atoms with van der Waals surface area (Å²) in [5.41, 5.74) is 1.56. The van der Waals surface area contributed by atoms with E-state index in [0.717, 1.165) is 5.56 Å². The van der Waals surface area contributed by atoms with Gasteiger partial charge in [-0.05, 0) is 31.5 Å². The maximum atomic E-state index is 11.2. The molecule has 0 fully saturated rings. The molecule has 0 aliphatic heterocycles. The Bertz CT molecular complexity index is 441. The number of benzene rings is 1. The fourth-order valence-corrected chi connectivity index (χ4v) is 1.31. The first-order valence-corrected chi connectivity index (χ1v) is 4.11. The van der Waals surface area contributed by atoms with Crippen molar-refractivity contribution in [3.8, 4) is 6.07 Å². The molecule has 0 atom stereocenters. The van der Waals surface area contributed by atoms with Crippen LogP contribution in [-0.2, 0) is 0 Å². The summed E-state index contributed by atoms with van der Waals surface area (Å²) in [7, 11) is 0. The molecule has 0 saturated carbocycles. The molecule has 0 aliphatic rings. The van der Waals surface area contributed by atoms with Crippen LogP contribution in [0.3, 0.4) is 0 Å². The van der Waals surface area contributed by atoms with Crippen LogP contribution >= 0.6 is 0 Å². The lowest BCUT2D eigenvalue weighted by Gasteiger charge is -2.04. The molecule has 0 amide bonds. The van der Waals surface area contributed by atoms with Crippen molar-refractivity contribution < 1.29 is 9.59 Å². The molecule has 1 aromatic carbocycles. The monoisotopic (exact) mass is 187 g/mol. The third kappa shape index (κ3) is 1.69. The van der Waals surface area contributed by atoms with Crippen LogP contribution in [0.15, 0.2) is 12.1 Å². The zero-order valence-corrected chi connectivity index (χ0v) is 8.00. The normalized spacial score (nSPS) is 9.21. The number of aldehydes is 1. The van der Waals surface area contributed by atoms with Crippen LogP contribution in [0.2, 0.25) is 0 Å². The lowest BCUT2D eigenvalue weighted by molar-refractivity contribution is 0.100. The molecule has 3 heteroatoms. The molecule has 0 bridgehead atoms. The van der Waals surface area contributed by atoms with Crippen molar-refractivity contribution in [3.05, 3.63) is 34.4 Å². The number of carbonyl (C=O) groups is 2. The molecule has 0 spiro atoms. The van der Waals surface area contributed by atoms with E-state index in [2.05, 4.69) is 0 Å². The van der Waals surface area contributed by atoms with Gasteiger partial charge >= 0.3 is 0 Å². The van der Waals surface area contributed by atoms with Gasteiger partial charge in [0.2, 0.25) is 0 Å². The summed E-state index contributed by atoms with van der Waals surface area (Å²) in [6, 6.07) is 5.11. The molecule has 0 N–H and O–H groups in total. The van der Waals surface area contributed by atoms with Crippen molar-refractivity contribution in [2.75, 3.05) is 0 Å². The van der Waals surface area contributed by atoms with Crippen molar-refractivity contribution in [1.82, 2.24) is 0 Å². The molecule has 70 valence electrons. The topological polar surface area (TPSA) is 57.9 Å². The van der Waals surface area contributed by atoms with Gasteiger partial charge in [-0.2, -0.15) is 5.26 Å². The lowest BCUT2D eigenvalue weighted by Crippen LogP contribution is -2.02. The number of ketones is 1. The van der Waals surface area contributed by atoms with Crippen LogP contribution in [0.1, 0.15) is 38.8 Å². The van der Waals surface area contributed by atoms with E-state index in [1.165, 1.54) is 6.92 Å². The van der Waals surface area contributed by atoms with Crippen molar-refractivity contribution >= 4 is 12.1 Å². The first-order valence-electron chi connectivity index (χ1n) is 4.11. The largest absolute Gasteiger partial charge is 0.298 e. The van der Waals surface area contributed by atoms with Gasteiger partial charge in [0.25, 0.3) is 0 Å². The van der Waals surface area contributed by atoms with Gasteiger partial charge in [-0.15, -0.1) is 0 Å². The zero-order chi connectivity index (χ0) is 10.7. The average Bonchev–Trinajstić information content (AvgIpc) is 2.16. The molecule has 0 aromatic heterocycles. The number of hydrogen-bond donors (Lipinski definition) is 0. The Hall–Kier alpha value is -1.95. The van der Waals surface area contributed by atoms with E-state index in [-0.39, 0.29) is 16.9 Å². The molecule has 0 radical (unpaired) electrons. The third-order valence-corrected chi connectivity index (χ3v) is 1.94. The van der Waals surface area contributed by atoms with Crippen LogP contribution in [0.5, 0.6) is 0 Å². The van der Waals surface area contributed by atoms with E-state index in [4.69, 9.17) is 5.26 Å². The standard InChI is InChI=1S/C11H9NO2/c1-7-3-9(5-12)11(6-13)10(4-7)8(2)14/h3-4,6H,1-2H3. The van der Waals surface area contributed by atoms with Crippen molar-refractivity contribution in [2.24, 2.45) is 0 Å². The van der Waals surface area contributed by atoms with E-state index in [9.17, 15) is 9.59 Å². The molecule has 1 aromatic rings.